The first-order valence-corrected chi connectivity index (χ1v) is 10.5. The van der Waals surface area contributed by atoms with Crippen LogP contribution in [-0.4, -0.2) is 15.0 Å². The van der Waals surface area contributed by atoms with Gasteiger partial charge in [0.05, 0.1) is 11.2 Å². The molecule has 0 aliphatic heterocycles. The van der Waals surface area contributed by atoms with Gasteiger partial charge in [0.25, 0.3) is 5.56 Å². The predicted octanol–water partition coefficient (Wildman–Crippen LogP) is 4.12. The Balaban J connectivity index is 1.78. The van der Waals surface area contributed by atoms with Crippen molar-refractivity contribution in [3.8, 4) is 5.69 Å². The zero-order valence-electron chi connectivity index (χ0n) is 16.3. The zero-order valence-corrected chi connectivity index (χ0v) is 17.9. The van der Waals surface area contributed by atoms with Crippen molar-refractivity contribution in [2.75, 3.05) is 5.32 Å². The SMILES string of the molecule is Cc1ccc(NC(=O)Cn2c(=O)n(-c3cccc(Cl)c3)c(=O)c3sccc32)cc1C. The van der Waals surface area contributed by atoms with Gasteiger partial charge in [0.1, 0.15) is 11.2 Å². The summed E-state index contributed by atoms with van der Waals surface area (Å²) in [4.78, 5) is 38.9. The lowest BCUT2D eigenvalue weighted by Crippen LogP contribution is -2.40. The first-order chi connectivity index (χ1) is 14.3. The molecule has 2 aromatic heterocycles. The van der Waals surface area contributed by atoms with Gasteiger partial charge in [0, 0.05) is 10.7 Å². The van der Waals surface area contributed by atoms with Crippen LogP contribution in [0.1, 0.15) is 11.1 Å². The van der Waals surface area contributed by atoms with Gasteiger partial charge in [-0.2, -0.15) is 0 Å². The maximum Gasteiger partial charge on any atom is 0.336 e. The van der Waals surface area contributed by atoms with E-state index >= 15 is 0 Å². The van der Waals surface area contributed by atoms with Crippen molar-refractivity contribution in [1.82, 2.24) is 9.13 Å². The van der Waals surface area contributed by atoms with Gasteiger partial charge >= 0.3 is 5.69 Å². The summed E-state index contributed by atoms with van der Waals surface area (Å²) in [6.07, 6.45) is 0. The second kappa shape index (κ2) is 7.93. The fourth-order valence-corrected chi connectivity index (χ4v) is 4.25. The number of halogens is 1. The Morgan fingerprint density at radius 3 is 2.60 bits per heavy atom. The highest BCUT2D eigenvalue weighted by molar-refractivity contribution is 7.17. The molecule has 0 aliphatic rings. The van der Waals surface area contributed by atoms with Crippen LogP contribution in [0.15, 0.2) is 63.5 Å². The third kappa shape index (κ3) is 3.69. The number of fused-ring (bicyclic) bond motifs is 1. The number of thiophene rings is 1. The molecular formula is C22H18ClN3O3S. The molecule has 0 fully saturated rings. The average molecular weight is 440 g/mol. The summed E-state index contributed by atoms with van der Waals surface area (Å²) in [7, 11) is 0. The lowest BCUT2D eigenvalue weighted by atomic mass is 10.1. The Labute approximate surface area is 181 Å². The smallest absolute Gasteiger partial charge is 0.325 e. The third-order valence-electron chi connectivity index (χ3n) is 4.91. The molecule has 2 heterocycles. The number of carbonyl (C=O) groups excluding carboxylic acids is 1. The number of hydrogen-bond donors (Lipinski definition) is 1. The van der Waals surface area contributed by atoms with Crippen molar-refractivity contribution in [3.63, 3.8) is 0 Å². The molecule has 0 radical (unpaired) electrons. The number of amides is 1. The summed E-state index contributed by atoms with van der Waals surface area (Å²) in [6.45, 7) is 3.73. The normalized spacial score (nSPS) is 11.0. The van der Waals surface area contributed by atoms with E-state index in [0.717, 1.165) is 15.7 Å². The second-order valence-electron chi connectivity index (χ2n) is 6.97. The number of carbonyl (C=O) groups is 1. The standard InChI is InChI=1S/C22H18ClN3O3S/c1-13-6-7-16(10-14(13)2)24-19(27)12-25-18-8-9-30-20(18)21(28)26(22(25)29)17-5-3-4-15(23)11-17/h3-11H,12H2,1-2H3,(H,24,27). The lowest BCUT2D eigenvalue weighted by Gasteiger charge is -2.13. The summed E-state index contributed by atoms with van der Waals surface area (Å²) in [6, 6.07) is 13.8. The van der Waals surface area contributed by atoms with Gasteiger partial charge in [-0.05, 0) is 66.8 Å². The third-order valence-corrected chi connectivity index (χ3v) is 6.04. The van der Waals surface area contributed by atoms with E-state index in [1.54, 1.807) is 35.7 Å². The number of rotatable bonds is 4. The molecule has 4 aromatic rings. The summed E-state index contributed by atoms with van der Waals surface area (Å²) in [5, 5.41) is 4.96. The number of nitrogens with zero attached hydrogens (tertiary/aromatic N) is 2. The van der Waals surface area contributed by atoms with Crippen molar-refractivity contribution in [3.05, 3.63) is 90.9 Å². The van der Waals surface area contributed by atoms with Crippen LogP contribution in [0.2, 0.25) is 5.02 Å². The van der Waals surface area contributed by atoms with E-state index in [2.05, 4.69) is 5.32 Å². The molecule has 0 aliphatic carbocycles. The second-order valence-corrected chi connectivity index (χ2v) is 8.32. The van der Waals surface area contributed by atoms with Crippen LogP contribution in [0.4, 0.5) is 5.69 Å². The van der Waals surface area contributed by atoms with E-state index in [9.17, 15) is 14.4 Å². The van der Waals surface area contributed by atoms with Gasteiger partial charge < -0.3 is 5.32 Å². The van der Waals surface area contributed by atoms with Gasteiger partial charge in [0.2, 0.25) is 5.91 Å². The van der Waals surface area contributed by atoms with Gasteiger partial charge in [-0.3, -0.25) is 14.2 Å². The Kier molecular flexibility index (Phi) is 5.32. The summed E-state index contributed by atoms with van der Waals surface area (Å²) in [5.41, 5.74) is 2.60. The van der Waals surface area contributed by atoms with E-state index in [1.165, 1.54) is 15.9 Å². The molecule has 0 saturated carbocycles. The lowest BCUT2D eigenvalue weighted by molar-refractivity contribution is -0.116. The average Bonchev–Trinajstić information content (AvgIpc) is 3.18. The minimum Gasteiger partial charge on any atom is -0.325 e. The molecule has 30 heavy (non-hydrogen) atoms. The maximum atomic E-state index is 13.2. The molecule has 1 N–H and O–H groups in total. The van der Waals surface area contributed by atoms with Gasteiger partial charge in [-0.15, -0.1) is 11.3 Å². The Bertz CT molecular complexity index is 1400. The Morgan fingerprint density at radius 2 is 1.87 bits per heavy atom. The first kappa shape index (κ1) is 20.1. The van der Waals surface area contributed by atoms with Crippen LogP contribution in [0.25, 0.3) is 15.9 Å². The molecule has 1 amide bonds. The molecule has 2 aromatic carbocycles. The fraction of sp³-hybridized carbons (Fsp3) is 0.136. The van der Waals surface area contributed by atoms with Crippen molar-refractivity contribution in [2.45, 2.75) is 20.4 Å². The molecule has 4 rings (SSSR count). The molecular weight excluding hydrogens is 422 g/mol. The summed E-state index contributed by atoms with van der Waals surface area (Å²) < 4.78 is 2.76. The van der Waals surface area contributed by atoms with Gasteiger partial charge in [-0.25, -0.2) is 9.36 Å². The fourth-order valence-electron chi connectivity index (χ4n) is 3.25. The van der Waals surface area contributed by atoms with Crippen molar-refractivity contribution >= 4 is 44.7 Å². The molecule has 0 saturated heterocycles. The Morgan fingerprint density at radius 1 is 1.07 bits per heavy atom. The largest absolute Gasteiger partial charge is 0.336 e. The van der Waals surface area contributed by atoms with Gasteiger partial charge in [0.15, 0.2) is 0 Å². The molecule has 6 nitrogen and oxygen atoms in total. The maximum absolute atomic E-state index is 13.2. The van der Waals surface area contributed by atoms with E-state index < -0.39 is 11.2 Å². The number of benzene rings is 2. The van der Waals surface area contributed by atoms with Gasteiger partial charge in [-0.1, -0.05) is 23.7 Å². The quantitative estimate of drug-likeness (QED) is 0.519. The molecule has 0 atom stereocenters. The minimum absolute atomic E-state index is 0.222. The summed E-state index contributed by atoms with van der Waals surface area (Å²) in [5.74, 6) is -0.357. The van der Waals surface area contributed by atoms with E-state index in [0.29, 0.717) is 26.6 Å². The Hall–Kier alpha value is -3.16. The molecule has 0 bridgehead atoms. The highest BCUT2D eigenvalue weighted by Gasteiger charge is 2.18. The van der Waals surface area contributed by atoms with E-state index in [-0.39, 0.29) is 12.5 Å². The van der Waals surface area contributed by atoms with Crippen LogP contribution >= 0.6 is 22.9 Å². The molecule has 0 unspecified atom stereocenters. The van der Waals surface area contributed by atoms with Crippen LogP contribution in [-0.2, 0) is 11.3 Å². The van der Waals surface area contributed by atoms with Crippen LogP contribution in [0.5, 0.6) is 0 Å². The molecule has 8 heteroatoms. The number of hydrogen-bond acceptors (Lipinski definition) is 4. The van der Waals surface area contributed by atoms with Crippen LogP contribution < -0.4 is 16.6 Å². The monoisotopic (exact) mass is 439 g/mol. The number of aromatic nitrogens is 2. The topological polar surface area (TPSA) is 73.1 Å². The van der Waals surface area contributed by atoms with E-state index in [4.69, 9.17) is 11.6 Å². The number of aryl methyl sites for hydroxylation is 2. The number of anilines is 1. The van der Waals surface area contributed by atoms with Crippen LogP contribution in [0.3, 0.4) is 0 Å². The molecule has 152 valence electrons. The number of nitrogens with one attached hydrogen (secondary N) is 1. The first-order valence-electron chi connectivity index (χ1n) is 9.21. The van der Waals surface area contributed by atoms with Crippen molar-refractivity contribution < 1.29 is 4.79 Å². The highest BCUT2D eigenvalue weighted by atomic mass is 35.5. The van der Waals surface area contributed by atoms with Crippen molar-refractivity contribution in [1.29, 1.82) is 0 Å². The molecule has 0 spiro atoms. The van der Waals surface area contributed by atoms with Crippen molar-refractivity contribution in [2.24, 2.45) is 0 Å². The predicted molar refractivity (Wildman–Crippen MR) is 121 cm³/mol. The zero-order chi connectivity index (χ0) is 21.4. The van der Waals surface area contributed by atoms with E-state index in [1.807, 2.05) is 32.0 Å². The van der Waals surface area contributed by atoms with Crippen LogP contribution in [0, 0.1) is 13.8 Å². The minimum atomic E-state index is -0.594. The summed E-state index contributed by atoms with van der Waals surface area (Å²) >= 11 is 7.28. The highest BCUT2D eigenvalue weighted by Crippen LogP contribution is 2.18.